The molecule has 0 aromatic heterocycles. The van der Waals surface area contributed by atoms with Crippen LogP contribution in [0.25, 0.3) is 0 Å². The van der Waals surface area contributed by atoms with Crippen LogP contribution in [0.2, 0.25) is 0 Å². The molecule has 10 heteroatoms. The number of alkyl halides is 1. The van der Waals surface area contributed by atoms with Gasteiger partial charge in [0.05, 0.1) is 31.6 Å². The van der Waals surface area contributed by atoms with E-state index in [0.717, 1.165) is 11.1 Å². The van der Waals surface area contributed by atoms with Gasteiger partial charge in [0.2, 0.25) is 0 Å². The molecule has 0 saturated carbocycles. The molecule has 0 aliphatic rings. The van der Waals surface area contributed by atoms with Gasteiger partial charge in [-0.2, -0.15) is 5.10 Å². The molecular formula is C23H30ClN2O6P. The van der Waals surface area contributed by atoms with E-state index >= 15 is 0 Å². The summed E-state index contributed by atoms with van der Waals surface area (Å²) in [7, 11) is -3.78. The van der Waals surface area contributed by atoms with Crippen LogP contribution in [-0.4, -0.2) is 36.2 Å². The monoisotopic (exact) mass is 496 g/mol. The predicted octanol–water partition coefficient (Wildman–Crippen LogP) is 5.71. The van der Waals surface area contributed by atoms with Gasteiger partial charge in [0.15, 0.2) is 5.12 Å². The minimum Gasteiger partial charge on any atom is -0.443 e. The topological polar surface area (TPSA) is 95.5 Å². The van der Waals surface area contributed by atoms with Crippen LogP contribution in [-0.2, 0) is 36.3 Å². The van der Waals surface area contributed by atoms with Gasteiger partial charge in [-0.3, -0.25) is 4.57 Å². The summed E-state index contributed by atoms with van der Waals surface area (Å²) in [5, 5.41) is 2.80. The molecule has 180 valence electrons. The Morgan fingerprint density at radius 1 is 0.970 bits per heavy atom. The lowest BCUT2D eigenvalue weighted by Gasteiger charge is -2.25. The van der Waals surface area contributed by atoms with Crippen molar-refractivity contribution in [3.05, 3.63) is 71.8 Å². The number of ether oxygens (including phenoxy) is 2. The predicted molar refractivity (Wildman–Crippen MR) is 128 cm³/mol. The van der Waals surface area contributed by atoms with Crippen molar-refractivity contribution in [1.82, 2.24) is 5.43 Å². The number of halogens is 1. The third-order valence-electron chi connectivity index (χ3n) is 4.39. The first kappa shape index (κ1) is 27.0. The first-order valence-corrected chi connectivity index (χ1v) is 12.7. The van der Waals surface area contributed by atoms with Gasteiger partial charge in [0, 0.05) is 0 Å². The number of hydrogen-bond donors (Lipinski definition) is 1. The highest BCUT2D eigenvalue weighted by atomic mass is 35.5. The number of carbonyl (C=O) groups is 1. The minimum atomic E-state index is -3.78. The number of carbonyl (C=O) groups excluding carboxylic acids is 1. The third kappa shape index (κ3) is 8.91. The molecule has 2 atom stereocenters. The quantitative estimate of drug-likeness (QED) is 0.165. The summed E-state index contributed by atoms with van der Waals surface area (Å²) in [5.41, 5.74) is 4.15. The van der Waals surface area contributed by atoms with Gasteiger partial charge in [-0.25, -0.2) is 10.2 Å². The molecule has 2 aromatic carbocycles. The molecule has 0 saturated heterocycles. The van der Waals surface area contributed by atoms with Gasteiger partial charge < -0.3 is 18.5 Å². The molecule has 2 aromatic rings. The normalized spacial score (nSPS) is 13.9. The summed E-state index contributed by atoms with van der Waals surface area (Å²) < 4.78 is 35.0. The van der Waals surface area contributed by atoms with Crippen LogP contribution in [0.3, 0.4) is 0 Å². The van der Waals surface area contributed by atoms with E-state index in [1.165, 1.54) is 0 Å². The third-order valence-corrected chi connectivity index (χ3v) is 7.38. The Morgan fingerprint density at radius 3 is 2.00 bits per heavy atom. The van der Waals surface area contributed by atoms with Crippen molar-refractivity contribution in [2.75, 3.05) is 13.2 Å². The standard InChI is InChI=1S/C23H30ClN2O6P/c1-4-31-33(28,32-5-2)22(24)21(18(3)29-16-19-12-8-6-9-13-19)25-26-23(27)30-17-20-14-10-7-11-15-20/h6-15,18,22H,4-5,16-17H2,1-3H3,(H,26,27)/b25-21-/t18-,22?/m0/s1. The number of nitrogens with zero attached hydrogens (tertiary/aromatic N) is 1. The molecule has 0 aliphatic carbocycles. The van der Waals surface area contributed by atoms with E-state index in [1.807, 2.05) is 60.7 Å². The molecule has 1 amide bonds. The summed E-state index contributed by atoms with van der Waals surface area (Å²) in [6.07, 6.45) is -1.51. The summed E-state index contributed by atoms with van der Waals surface area (Å²) in [4.78, 5) is 12.2. The fourth-order valence-corrected chi connectivity index (χ4v) is 4.99. The second-order valence-corrected chi connectivity index (χ2v) is 9.71. The van der Waals surface area contributed by atoms with Gasteiger partial charge in [0.1, 0.15) is 6.61 Å². The molecule has 33 heavy (non-hydrogen) atoms. The molecule has 8 nitrogen and oxygen atoms in total. The van der Waals surface area contributed by atoms with Gasteiger partial charge in [-0.05, 0) is 31.9 Å². The van der Waals surface area contributed by atoms with Crippen molar-refractivity contribution in [3.63, 3.8) is 0 Å². The first-order valence-electron chi connectivity index (χ1n) is 10.6. The fraction of sp³-hybridized carbons (Fsp3) is 0.391. The summed E-state index contributed by atoms with van der Waals surface area (Å²) in [6.45, 7) is 5.63. The number of rotatable bonds is 13. The smallest absolute Gasteiger partial charge is 0.428 e. The maximum Gasteiger partial charge on any atom is 0.428 e. The average Bonchev–Trinajstić information content (AvgIpc) is 2.83. The fourth-order valence-electron chi connectivity index (χ4n) is 2.77. The van der Waals surface area contributed by atoms with Crippen molar-refractivity contribution in [2.45, 2.75) is 45.2 Å². The SMILES string of the molecule is CCOP(=O)(OCC)C(Cl)/C(=N\NC(=O)OCc1ccccc1)[C@H](C)OCc1ccccc1. The Bertz CT molecular complexity index is 919. The highest BCUT2D eigenvalue weighted by molar-refractivity contribution is 7.58. The number of hydrogen-bond acceptors (Lipinski definition) is 7. The Labute approximate surface area is 199 Å². The summed E-state index contributed by atoms with van der Waals surface area (Å²) in [6, 6.07) is 18.7. The van der Waals surface area contributed by atoms with E-state index in [0.29, 0.717) is 0 Å². The largest absolute Gasteiger partial charge is 0.443 e. The lowest BCUT2D eigenvalue weighted by Crippen LogP contribution is -2.33. The Morgan fingerprint density at radius 2 is 1.48 bits per heavy atom. The highest BCUT2D eigenvalue weighted by Crippen LogP contribution is 2.55. The maximum absolute atomic E-state index is 13.2. The van der Waals surface area contributed by atoms with Crippen LogP contribution in [0.5, 0.6) is 0 Å². The number of nitrogens with one attached hydrogen (secondary N) is 1. The van der Waals surface area contributed by atoms with E-state index in [1.54, 1.807) is 20.8 Å². The lowest BCUT2D eigenvalue weighted by atomic mass is 10.2. The van der Waals surface area contributed by atoms with E-state index in [2.05, 4.69) is 10.5 Å². The molecular weight excluding hydrogens is 467 g/mol. The van der Waals surface area contributed by atoms with Crippen LogP contribution in [0.1, 0.15) is 31.9 Å². The zero-order valence-corrected chi connectivity index (χ0v) is 20.6. The van der Waals surface area contributed by atoms with Crippen molar-refractivity contribution in [3.8, 4) is 0 Å². The van der Waals surface area contributed by atoms with Crippen LogP contribution in [0.15, 0.2) is 65.8 Å². The summed E-state index contributed by atoms with van der Waals surface area (Å²) >= 11 is 6.53. The molecule has 0 spiro atoms. The van der Waals surface area contributed by atoms with Gasteiger partial charge in [0.25, 0.3) is 0 Å². The van der Waals surface area contributed by atoms with Crippen molar-refractivity contribution in [2.24, 2.45) is 5.10 Å². The Balaban J connectivity index is 2.15. The molecule has 0 radical (unpaired) electrons. The van der Waals surface area contributed by atoms with Crippen LogP contribution < -0.4 is 5.43 Å². The van der Waals surface area contributed by atoms with Crippen LogP contribution >= 0.6 is 19.2 Å². The van der Waals surface area contributed by atoms with Gasteiger partial charge in [-0.15, -0.1) is 11.6 Å². The zero-order valence-electron chi connectivity index (χ0n) is 19.0. The van der Waals surface area contributed by atoms with Crippen LogP contribution in [0.4, 0.5) is 4.79 Å². The van der Waals surface area contributed by atoms with Crippen molar-refractivity contribution in [1.29, 1.82) is 0 Å². The highest BCUT2D eigenvalue weighted by Gasteiger charge is 2.40. The Kier molecular flexibility index (Phi) is 11.6. The van der Waals surface area contributed by atoms with E-state index in [9.17, 15) is 9.36 Å². The first-order chi connectivity index (χ1) is 15.9. The van der Waals surface area contributed by atoms with E-state index in [-0.39, 0.29) is 32.1 Å². The Hall–Kier alpha value is -2.22. The van der Waals surface area contributed by atoms with E-state index in [4.69, 9.17) is 30.1 Å². The summed E-state index contributed by atoms with van der Waals surface area (Å²) in [5.74, 6) is 0. The molecule has 2 rings (SSSR count). The molecule has 1 N–H and O–H groups in total. The van der Waals surface area contributed by atoms with E-state index < -0.39 is 24.9 Å². The minimum absolute atomic E-state index is 0.0677. The van der Waals surface area contributed by atoms with Gasteiger partial charge in [-0.1, -0.05) is 60.7 Å². The van der Waals surface area contributed by atoms with Crippen LogP contribution in [0, 0.1) is 0 Å². The number of hydrazone groups is 1. The second kappa shape index (κ2) is 14.1. The molecule has 0 heterocycles. The van der Waals surface area contributed by atoms with Gasteiger partial charge >= 0.3 is 13.7 Å². The second-order valence-electron chi connectivity index (χ2n) is 6.86. The van der Waals surface area contributed by atoms with Crippen molar-refractivity contribution >= 4 is 31.0 Å². The molecule has 0 bridgehead atoms. The molecule has 0 aliphatic heterocycles. The number of benzene rings is 2. The lowest BCUT2D eigenvalue weighted by molar-refractivity contribution is 0.0943. The zero-order chi connectivity index (χ0) is 24.1. The maximum atomic E-state index is 13.2. The molecule has 0 fully saturated rings. The molecule has 1 unspecified atom stereocenters. The number of amides is 1. The van der Waals surface area contributed by atoms with Crippen molar-refractivity contribution < 1.29 is 27.9 Å². The average molecular weight is 497 g/mol.